The van der Waals surface area contributed by atoms with Gasteiger partial charge in [0.2, 0.25) is 0 Å². The van der Waals surface area contributed by atoms with E-state index in [0.717, 1.165) is 32.1 Å². The number of rotatable bonds is 7. The minimum atomic E-state index is 0.855. The van der Waals surface area contributed by atoms with Crippen LogP contribution in [0.4, 0.5) is 0 Å². The average molecular weight is 153 g/mol. The van der Waals surface area contributed by atoms with Crippen LogP contribution in [0.15, 0.2) is 6.08 Å². The lowest BCUT2D eigenvalue weighted by Crippen LogP contribution is -1.78. The summed E-state index contributed by atoms with van der Waals surface area (Å²) >= 11 is 0. The summed E-state index contributed by atoms with van der Waals surface area (Å²) in [6.07, 6.45) is 9.25. The zero-order valence-corrected chi connectivity index (χ0v) is 6.81. The average Bonchev–Trinajstić information content (AvgIpc) is 2.03. The second-order valence-corrected chi connectivity index (χ2v) is 2.52. The molecule has 0 aromatic rings. The molecule has 0 aliphatic heterocycles. The Morgan fingerprint density at radius 2 is 1.73 bits per heavy atom. The molecule has 2 heteroatoms. The predicted molar refractivity (Wildman–Crippen MR) is 46.7 cm³/mol. The number of allylic oxidation sites excluding steroid dienone is 1. The molecule has 0 saturated carbocycles. The summed E-state index contributed by atoms with van der Waals surface area (Å²) in [7, 11) is 0. The van der Waals surface area contributed by atoms with Gasteiger partial charge in [0.15, 0.2) is 0 Å². The van der Waals surface area contributed by atoms with Crippen LogP contribution in [0.3, 0.4) is 0 Å². The lowest BCUT2D eigenvalue weighted by Gasteiger charge is -1.94. The molecule has 0 bridgehead atoms. The van der Waals surface area contributed by atoms with E-state index in [1.165, 1.54) is 18.7 Å². The number of carbonyl (C=O) groups excluding carboxylic acids is 1. The molecule has 0 radical (unpaired) electrons. The van der Waals surface area contributed by atoms with E-state index in [-0.39, 0.29) is 0 Å². The first-order valence-electron chi connectivity index (χ1n) is 4.10. The van der Waals surface area contributed by atoms with Gasteiger partial charge in [-0.1, -0.05) is 12.8 Å². The number of nitrogens with one attached hydrogen (secondary N) is 1. The van der Waals surface area contributed by atoms with Gasteiger partial charge < -0.3 is 5.41 Å². The molecule has 0 aromatic carbocycles. The summed E-state index contributed by atoms with van der Waals surface area (Å²) in [6.45, 7) is 0. The van der Waals surface area contributed by atoms with Crippen molar-refractivity contribution in [3.63, 3.8) is 0 Å². The van der Waals surface area contributed by atoms with Gasteiger partial charge in [-0.3, -0.25) is 0 Å². The predicted octanol–water partition coefficient (Wildman–Crippen LogP) is 2.36. The SMILES string of the molecule is N=CCCCCCCC=C=O. The third-order valence-electron chi connectivity index (χ3n) is 1.53. The molecule has 0 saturated heterocycles. The van der Waals surface area contributed by atoms with E-state index < -0.39 is 0 Å². The fraction of sp³-hybridized carbons (Fsp3) is 0.667. The van der Waals surface area contributed by atoms with Crippen LogP contribution < -0.4 is 0 Å². The Morgan fingerprint density at radius 1 is 1.09 bits per heavy atom. The van der Waals surface area contributed by atoms with Crippen molar-refractivity contribution in [3.8, 4) is 0 Å². The second-order valence-electron chi connectivity index (χ2n) is 2.52. The minimum absolute atomic E-state index is 0.855. The van der Waals surface area contributed by atoms with Crippen molar-refractivity contribution in [1.82, 2.24) is 0 Å². The van der Waals surface area contributed by atoms with Crippen LogP contribution in [-0.2, 0) is 4.79 Å². The molecular formula is C9H15NO. The fourth-order valence-corrected chi connectivity index (χ4v) is 0.905. The maximum Gasteiger partial charge on any atom is 0.120 e. The van der Waals surface area contributed by atoms with Gasteiger partial charge in [-0.25, -0.2) is 4.79 Å². The zero-order valence-electron chi connectivity index (χ0n) is 6.81. The second kappa shape index (κ2) is 9.12. The largest absolute Gasteiger partial charge is 0.313 e. The molecule has 0 fully saturated rings. The molecule has 0 aliphatic rings. The minimum Gasteiger partial charge on any atom is -0.313 e. The highest BCUT2D eigenvalue weighted by Crippen LogP contribution is 2.03. The van der Waals surface area contributed by atoms with Crippen molar-refractivity contribution in [2.75, 3.05) is 0 Å². The molecule has 0 atom stereocenters. The van der Waals surface area contributed by atoms with Crippen molar-refractivity contribution in [2.45, 2.75) is 38.5 Å². The summed E-state index contributed by atoms with van der Waals surface area (Å²) in [5.41, 5.74) is 0. The molecule has 0 spiro atoms. The lowest BCUT2D eigenvalue weighted by molar-refractivity contribution is 0.567. The Morgan fingerprint density at radius 3 is 2.27 bits per heavy atom. The van der Waals surface area contributed by atoms with Crippen LogP contribution in [-0.4, -0.2) is 12.2 Å². The maximum atomic E-state index is 9.73. The Hall–Kier alpha value is -0.880. The summed E-state index contributed by atoms with van der Waals surface area (Å²) in [5.74, 6) is 1.76. The maximum absolute atomic E-state index is 9.73. The smallest absolute Gasteiger partial charge is 0.120 e. The van der Waals surface area contributed by atoms with Gasteiger partial charge in [0.25, 0.3) is 0 Å². The van der Waals surface area contributed by atoms with Crippen LogP contribution in [0.1, 0.15) is 38.5 Å². The van der Waals surface area contributed by atoms with Gasteiger partial charge in [0.1, 0.15) is 5.94 Å². The van der Waals surface area contributed by atoms with E-state index in [4.69, 9.17) is 5.41 Å². The Kier molecular flexibility index (Phi) is 8.39. The third-order valence-corrected chi connectivity index (χ3v) is 1.53. The van der Waals surface area contributed by atoms with Gasteiger partial charge in [0.05, 0.1) is 0 Å². The van der Waals surface area contributed by atoms with Crippen LogP contribution in [0, 0.1) is 5.41 Å². The fourth-order valence-electron chi connectivity index (χ4n) is 0.905. The summed E-state index contributed by atoms with van der Waals surface area (Å²) in [6, 6.07) is 0. The Bertz CT molecular complexity index is 136. The quantitative estimate of drug-likeness (QED) is 0.340. The number of hydrogen-bond acceptors (Lipinski definition) is 2. The van der Waals surface area contributed by atoms with Crippen molar-refractivity contribution < 1.29 is 4.79 Å². The molecule has 0 rings (SSSR count). The molecule has 1 N–H and O–H groups in total. The van der Waals surface area contributed by atoms with E-state index in [0.29, 0.717) is 0 Å². The zero-order chi connectivity index (χ0) is 8.36. The lowest BCUT2D eigenvalue weighted by atomic mass is 10.1. The normalized spacial score (nSPS) is 8.73. The van der Waals surface area contributed by atoms with Gasteiger partial charge in [0, 0.05) is 0 Å². The number of hydrogen-bond donors (Lipinski definition) is 1. The van der Waals surface area contributed by atoms with E-state index in [9.17, 15) is 4.79 Å². The molecule has 0 aliphatic carbocycles. The molecule has 0 unspecified atom stereocenters. The van der Waals surface area contributed by atoms with Crippen molar-refractivity contribution in [3.05, 3.63) is 6.08 Å². The standard InChI is InChI=1S/C9H15NO/c10-8-6-4-2-1-3-5-7-9-11/h7-8,10H,1-6H2. The molecule has 11 heavy (non-hydrogen) atoms. The van der Waals surface area contributed by atoms with Gasteiger partial charge >= 0.3 is 0 Å². The first-order chi connectivity index (χ1) is 5.41. The molecule has 0 amide bonds. The topological polar surface area (TPSA) is 40.9 Å². The summed E-state index contributed by atoms with van der Waals surface area (Å²) in [5, 5.41) is 6.77. The summed E-state index contributed by atoms with van der Waals surface area (Å²) < 4.78 is 0. The summed E-state index contributed by atoms with van der Waals surface area (Å²) in [4.78, 5) is 9.73. The Labute approximate surface area is 67.8 Å². The van der Waals surface area contributed by atoms with Crippen molar-refractivity contribution in [1.29, 1.82) is 5.41 Å². The monoisotopic (exact) mass is 153 g/mol. The first-order valence-corrected chi connectivity index (χ1v) is 4.10. The Balaban J connectivity index is 2.90. The molecular weight excluding hydrogens is 138 g/mol. The van der Waals surface area contributed by atoms with Crippen LogP contribution in [0.25, 0.3) is 0 Å². The first kappa shape index (κ1) is 10.1. The highest BCUT2D eigenvalue weighted by atomic mass is 16.1. The highest BCUT2D eigenvalue weighted by molar-refractivity contribution is 5.52. The van der Waals surface area contributed by atoms with Crippen LogP contribution in [0.5, 0.6) is 0 Å². The van der Waals surface area contributed by atoms with E-state index in [1.807, 2.05) is 0 Å². The van der Waals surface area contributed by atoms with Crippen LogP contribution >= 0.6 is 0 Å². The molecule has 0 heterocycles. The van der Waals surface area contributed by atoms with Crippen molar-refractivity contribution in [2.24, 2.45) is 0 Å². The van der Waals surface area contributed by atoms with Crippen molar-refractivity contribution >= 4 is 12.2 Å². The molecule has 62 valence electrons. The van der Waals surface area contributed by atoms with Crippen LogP contribution in [0.2, 0.25) is 0 Å². The van der Waals surface area contributed by atoms with E-state index >= 15 is 0 Å². The third kappa shape index (κ3) is 9.12. The number of unbranched alkanes of at least 4 members (excludes halogenated alkanes) is 5. The molecule has 2 nitrogen and oxygen atoms in total. The highest BCUT2D eigenvalue weighted by Gasteiger charge is 1.86. The molecule has 0 aromatic heterocycles. The van der Waals surface area contributed by atoms with E-state index in [2.05, 4.69) is 0 Å². The van der Waals surface area contributed by atoms with Gasteiger partial charge in [-0.05, 0) is 38.0 Å². The van der Waals surface area contributed by atoms with Gasteiger partial charge in [-0.2, -0.15) is 0 Å². The van der Waals surface area contributed by atoms with Gasteiger partial charge in [-0.15, -0.1) is 0 Å². The van der Waals surface area contributed by atoms with E-state index in [1.54, 1.807) is 5.94 Å².